The van der Waals surface area contributed by atoms with Crippen LogP contribution in [0.3, 0.4) is 0 Å². The van der Waals surface area contributed by atoms with E-state index >= 15 is 0 Å². The van der Waals surface area contributed by atoms with Crippen molar-refractivity contribution >= 4 is 39.7 Å². The molecular weight excluding hydrogens is 510 g/mol. The molecule has 2 heterocycles. The predicted octanol–water partition coefficient (Wildman–Crippen LogP) is 5.15. The fraction of sp³-hybridized carbons (Fsp3) is 0.267. The van der Waals surface area contributed by atoms with Gasteiger partial charge in [0.2, 0.25) is 11.1 Å². The van der Waals surface area contributed by atoms with Crippen LogP contribution >= 0.6 is 11.8 Å². The minimum absolute atomic E-state index is 0.00428. The first-order chi connectivity index (χ1) is 19.0. The molecule has 3 aromatic carbocycles. The number of aromatic nitrogens is 4. The van der Waals surface area contributed by atoms with Gasteiger partial charge in [0.1, 0.15) is 5.52 Å². The average Bonchev–Trinajstić information content (AvgIpc) is 3.28. The summed E-state index contributed by atoms with van der Waals surface area (Å²) in [4.78, 5) is 19.5. The van der Waals surface area contributed by atoms with Crippen molar-refractivity contribution in [2.24, 2.45) is 0 Å². The van der Waals surface area contributed by atoms with Crippen molar-refractivity contribution < 1.29 is 14.3 Å². The minimum atomic E-state index is 0.00428. The number of methoxy groups -OCH3 is 2. The number of fused-ring (bicyclic) bond motifs is 3. The third-order valence-electron chi connectivity index (χ3n) is 6.88. The van der Waals surface area contributed by atoms with Gasteiger partial charge in [0.05, 0.1) is 25.5 Å². The van der Waals surface area contributed by atoms with Gasteiger partial charge in [0, 0.05) is 25.5 Å². The summed E-state index contributed by atoms with van der Waals surface area (Å²) < 4.78 is 12.9. The van der Waals surface area contributed by atoms with Gasteiger partial charge in [-0.1, -0.05) is 60.3 Å². The summed E-state index contributed by atoms with van der Waals surface area (Å²) in [5.74, 6) is 1.60. The Morgan fingerprint density at radius 3 is 2.54 bits per heavy atom. The molecule has 0 aliphatic heterocycles. The van der Waals surface area contributed by atoms with Crippen LogP contribution in [0, 0.1) is 6.92 Å². The number of ether oxygens (including phenoxy) is 2. The van der Waals surface area contributed by atoms with E-state index < -0.39 is 0 Å². The summed E-state index contributed by atoms with van der Waals surface area (Å²) in [6.45, 7) is 3.37. The van der Waals surface area contributed by atoms with Crippen molar-refractivity contribution in [2.75, 3.05) is 33.6 Å². The highest BCUT2D eigenvalue weighted by atomic mass is 32.2. The number of aryl methyl sites for hydroxylation is 1. The lowest BCUT2D eigenvalue weighted by Crippen LogP contribution is -2.30. The highest BCUT2D eigenvalue weighted by molar-refractivity contribution is 7.99. The average molecular weight is 542 g/mol. The molecule has 0 atom stereocenters. The molecule has 0 aliphatic rings. The summed E-state index contributed by atoms with van der Waals surface area (Å²) in [5, 5.41) is 10.4. The molecule has 0 N–H and O–H groups in total. The van der Waals surface area contributed by atoms with Crippen molar-refractivity contribution in [3.8, 4) is 11.5 Å². The molecule has 0 saturated carbocycles. The van der Waals surface area contributed by atoms with E-state index in [-0.39, 0.29) is 11.7 Å². The molecule has 5 rings (SSSR count). The number of para-hydroxylation sites is 1. The maximum absolute atomic E-state index is 12.9. The first-order valence-corrected chi connectivity index (χ1v) is 13.7. The first kappa shape index (κ1) is 26.5. The van der Waals surface area contributed by atoms with Crippen molar-refractivity contribution in [3.05, 3.63) is 83.4 Å². The molecule has 200 valence electrons. The number of nitrogens with zero attached hydrogens (tertiary/aromatic N) is 5. The quantitative estimate of drug-likeness (QED) is 0.226. The molecule has 5 aromatic rings. The fourth-order valence-corrected chi connectivity index (χ4v) is 5.28. The number of carbonyl (C=O) groups excluding carboxylic acids is 1. The number of amides is 1. The van der Waals surface area contributed by atoms with Crippen molar-refractivity contribution in [2.45, 2.75) is 25.0 Å². The number of benzene rings is 3. The highest BCUT2D eigenvalue weighted by Crippen LogP contribution is 2.29. The SMILES string of the molecule is COc1ccc(CCN(C)C(=O)CSc2nnc3c4ccccc4n(Cc4ccccc4C)c3n2)cc1OC. The van der Waals surface area contributed by atoms with Gasteiger partial charge < -0.3 is 18.9 Å². The van der Waals surface area contributed by atoms with Crippen LogP contribution in [-0.4, -0.2) is 64.1 Å². The van der Waals surface area contributed by atoms with Gasteiger partial charge in [-0.3, -0.25) is 4.79 Å². The van der Waals surface area contributed by atoms with Gasteiger partial charge in [-0.2, -0.15) is 0 Å². The van der Waals surface area contributed by atoms with E-state index in [0.29, 0.717) is 36.2 Å². The molecule has 0 aliphatic carbocycles. The molecule has 8 nitrogen and oxygen atoms in total. The number of carbonyl (C=O) groups is 1. The van der Waals surface area contributed by atoms with E-state index in [2.05, 4.69) is 46.0 Å². The Morgan fingerprint density at radius 2 is 1.74 bits per heavy atom. The zero-order chi connectivity index (χ0) is 27.4. The lowest BCUT2D eigenvalue weighted by Gasteiger charge is -2.17. The van der Waals surface area contributed by atoms with Crippen molar-refractivity contribution in [1.29, 1.82) is 0 Å². The van der Waals surface area contributed by atoms with Crippen LogP contribution in [0.2, 0.25) is 0 Å². The largest absolute Gasteiger partial charge is 0.493 e. The number of hydrogen-bond acceptors (Lipinski definition) is 7. The lowest BCUT2D eigenvalue weighted by molar-refractivity contribution is -0.127. The highest BCUT2D eigenvalue weighted by Gasteiger charge is 2.17. The molecule has 0 unspecified atom stereocenters. The van der Waals surface area contributed by atoms with Crippen LogP contribution < -0.4 is 9.47 Å². The van der Waals surface area contributed by atoms with Crippen LogP contribution in [0.1, 0.15) is 16.7 Å². The summed E-state index contributed by atoms with van der Waals surface area (Å²) in [5.41, 5.74) is 6.11. The molecule has 0 saturated heterocycles. The van der Waals surface area contributed by atoms with Crippen LogP contribution in [0.15, 0.2) is 71.9 Å². The molecule has 1 amide bonds. The lowest BCUT2D eigenvalue weighted by atomic mass is 10.1. The Labute approximate surface area is 232 Å². The van der Waals surface area contributed by atoms with Crippen LogP contribution in [0.5, 0.6) is 11.5 Å². The van der Waals surface area contributed by atoms with E-state index in [4.69, 9.17) is 14.5 Å². The topological polar surface area (TPSA) is 82.4 Å². The fourth-order valence-electron chi connectivity index (χ4n) is 4.56. The third-order valence-corrected chi connectivity index (χ3v) is 7.70. The predicted molar refractivity (Wildman–Crippen MR) is 155 cm³/mol. The Kier molecular flexibility index (Phi) is 7.97. The molecule has 0 radical (unpaired) electrons. The summed E-state index contributed by atoms with van der Waals surface area (Å²) >= 11 is 1.31. The molecule has 39 heavy (non-hydrogen) atoms. The van der Waals surface area contributed by atoms with Crippen LogP contribution in [-0.2, 0) is 17.8 Å². The zero-order valence-corrected chi connectivity index (χ0v) is 23.4. The maximum atomic E-state index is 12.9. The van der Waals surface area contributed by atoms with E-state index in [0.717, 1.165) is 27.6 Å². The Morgan fingerprint density at radius 1 is 0.974 bits per heavy atom. The normalized spacial score (nSPS) is 11.2. The second-order valence-corrected chi connectivity index (χ2v) is 10.3. The van der Waals surface area contributed by atoms with Crippen LogP contribution in [0.25, 0.3) is 22.1 Å². The van der Waals surface area contributed by atoms with Crippen LogP contribution in [0.4, 0.5) is 0 Å². The molecule has 2 aromatic heterocycles. The Hall–Kier alpha value is -4.11. The van der Waals surface area contributed by atoms with E-state index in [1.165, 1.54) is 22.9 Å². The second-order valence-electron chi connectivity index (χ2n) is 9.34. The van der Waals surface area contributed by atoms with Gasteiger partial charge in [-0.25, -0.2) is 4.98 Å². The first-order valence-electron chi connectivity index (χ1n) is 12.7. The molecule has 0 fully saturated rings. The van der Waals surface area contributed by atoms with Crippen molar-refractivity contribution in [1.82, 2.24) is 24.6 Å². The second kappa shape index (κ2) is 11.7. The summed E-state index contributed by atoms with van der Waals surface area (Å²) in [6.07, 6.45) is 0.705. The standard InChI is InChI=1S/C30H31N5O3S/c1-20-9-5-6-10-22(20)18-35-24-12-8-7-11-23(24)28-29(35)31-30(33-32-28)39-19-27(36)34(2)16-15-21-13-14-25(37-3)26(17-21)38-4/h5-14,17H,15-16,18-19H2,1-4H3. The van der Waals surface area contributed by atoms with Gasteiger partial charge in [0.25, 0.3) is 0 Å². The molecule has 0 bridgehead atoms. The molecular formula is C30H31N5O3S. The number of likely N-dealkylation sites (N-methyl/N-ethyl adjacent to an activating group) is 1. The third kappa shape index (κ3) is 5.68. The summed E-state index contributed by atoms with van der Waals surface area (Å²) in [7, 11) is 5.04. The minimum Gasteiger partial charge on any atom is -0.493 e. The smallest absolute Gasteiger partial charge is 0.232 e. The van der Waals surface area contributed by atoms with Gasteiger partial charge in [-0.05, 0) is 48.2 Å². The zero-order valence-electron chi connectivity index (χ0n) is 22.5. The monoisotopic (exact) mass is 541 g/mol. The van der Waals surface area contributed by atoms with Gasteiger partial charge in [-0.15, -0.1) is 10.2 Å². The molecule has 9 heteroatoms. The summed E-state index contributed by atoms with van der Waals surface area (Å²) in [6, 6.07) is 22.3. The maximum Gasteiger partial charge on any atom is 0.232 e. The van der Waals surface area contributed by atoms with Gasteiger partial charge >= 0.3 is 0 Å². The van der Waals surface area contributed by atoms with E-state index in [1.54, 1.807) is 19.1 Å². The molecule has 0 spiro atoms. The number of hydrogen-bond donors (Lipinski definition) is 0. The number of rotatable bonds is 10. The number of thioether (sulfide) groups is 1. The van der Waals surface area contributed by atoms with E-state index in [1.807, 2.05) is 49.5 Å². The Balaban J connectivity index is 1.30. The van der Waals surface area contributed by atoms with Crippen molar-refractivity contribution in [3.63, 3.8) is 0 Å². The van der Waals surface area contributed by atoms with Gasteiger partial charge in [0.15, 0.2) is 17.1 Å². The Bertz CT molecular complexity index is 1630. The van der Waals surface area contributed by atoms with E-state index in [9.17, 15) is 4.79 Å².